The van der Waals surface area contributed by atoms with Gasteiger partial charge in [0.05, 0.1) is 46.2 Å². The molecule has 0 radical (unpaired) electrons. The zero-order chi connectivity index (χ0) is 21.6. The van der Waals surface area contributed by atoms with Gasteiger partial charge in [-0.15, -0.1) is 0 Å². The third-order valence-corrected chi connectivity index (χ3v) is 4.58. The molecule has 0 fully saturated rings. The normalized spacial score (nSPS) is 15.1. The molecule has 3 N–H and O–H groups in total. The van der Waals surface area contributed by atoms with Gasteiger partial charge in [-0.25, -0.2) is 0 Å². The lowest BCUT2D eigenvalue weighted by molar-refractivity contribution is -0.873. The van der Waals surface area contributed by atoms with Crippen molar-refractivity contribution in [2.75, 3.05) is 27.7 Å². The molecular formula is C21H42NO6+. The monoisotopic (exact) mass is 404 g/mol. The van der Waals surface area contributed by atoms with Gasteiger partial charge in [0.25, 0.3) is 0 Å². The first-order chi connectivity index (χ1) is 13.0. The molecule has 7 nitrogen and oxygen atoms in total. The Morgan fingerprint density at radius 3 is 2.00 bits per heavy atom. The van der Waals surface area contributed by atoms with Crippen molar-refractivity contribution < 1.29 is 34.1 Å². The molecule has 0 spiro atoms. The Labute approximate surface area is 170 Å². The lowest BCUT2D eigenvalue weighted by atomic mass is 10.0. The second-order valence-corrected chi connectivity index (χ2v) is 8.83. The number of esters is 1. The van der Waals surface area contributed by atoms with Gasteiger partial charge in [0.15, 0.2) is 6.10 Å². The summed E-state index contributed by atoms with van der Waals surface area (Å²) >= 11 is 0. The molecule has 0 amide bonds. The summed E-state index contributed by atoms with van der Waals surface area (Å²) in [7, 11) is 5.67. The van der Waals surface area contributed by atoms with Gasteiger partial charge in [0.1, 0.15) is 6.54 Å². The van der Waals surface area contributed by atoms with Crippen LogP contribution in [-0.2, 0) is 14.3 Å². The molecule has 3 atom stereocenters. The highest BCUT2D eigenvalue weighted by Crippen LogP contribution is 2.14. The second kappa shape index (κ2) is 14.8. The third kappa shape index (κ3) is 17.0. The van der Waals surface area contributed by atoms with Gasteiger partial charge in [-0.2, -0.15) is 0 Å². The average Bonchev–Trinajstić information content (AvgIpc) is 2.53. The van der Waals surface area contributed by atoms with E-state index in [-0.39, 0.29) is 12.8 Å². The van der Waals surface area contributed by atoms with Crippen LogP contribution in [0, 0.1) is 0 Å². The Balaban J connectivity index is 4.09. The van der Waals surface area contributed by atoms with E-state index in [2.05, 4.69) is 6.92 Å². The topological polar surface area (TPSA) is 104 Å². The number of quaternary nitrogens is 1. The summed E-state index contributed by atoms with van der Waals surface area (Å²) in [5.74, 6) is -1.62. The number of carbonyl (C=O) groups is 2. The van der Waals surface area contributed by atoms with Crippen molar-refractivity contribution in [3.05, 3.63) is 0 Å². The van der Waals surface area contributed by atoms with E-state index in [9.17, 15) is 19.8 Å². The van der Waals surface area contributed by atoms with Crippen molar-refractivity contribution in [2.24, 2.45) is 0 Å². The quantitative estimate of drug-likeness (QED) is 0.196. The summed E-state index contributed by atoms with van der Waals surface area (Å²) in [5, 5.41) is 29.0. The minimum Gasteiger partial charge on any atom is -0.481 e. The fourth-order valence-electron chi connectivity index (χ4n) is 3.17. The van der Waals surface area contributed by atoms with Crippen molar-refractivity contribution in [2.45, 2.75) is 95.9 Å². The highest BCUT2D eigenvalue weighted by atomic mass is 16.5. The average molecular weight is 405 g/mol. The fourth-order valence-corrected chi connectivity index (χ4v) is 3.17. The van der Waals surface area contributed by atoms with Crippen molar-refractivity contribution in [1.29, 1.82) is 0 Å². The van der Waals surface area contributed by atoms with Gasteiger partial charge < -0.3 is 24.5 Å². The maximum Gasteiger partial charge on any atom is 0.308 e. The minimum atomic E-state index is -1.02. The highest BCUT2D eigenvalue weighted by Gasteiger charge is 2.25. The van der Waals surface area contributed by atoms with Gasteiger partial charge in [-0.1, -0.05) is 45.4 Å². The Kier molecular flexibility index (Phi) is 14.1. The van der Waals surface area contributed by atoms with Crippen LogP contribution in [0.1, 0.15) is 77.6 Å². The Bertz CT molecular complexity index is 435. The van der Waals surface area contributed by atoms with E-state index in [1.807, 2.05) is 21.1 Å². The summed E-state index contributed by atoms with van der Waals surface area (Å²) in [5.41, 5.74) is 0. The number of nitrogens with zero attached hydrogens (tertiary/aromatic N) is 1. The molecule has 0 saturated carbocycles. The van der Waals surface area contributed by atoms with Crippen LogP contribution >= 0.6 is 0 Å². The molecule has 3 unspecified atom stereocenters. The molecule has 0 aromatic heterocycles. The fraction of sp³-hybridized carbons (Fsp3) is 0.905. The van der Waals surface area contributed by atoms with E-state index in [1.54, 1.807) is 0 Å². The maximum absolute atomic E-state index is 12.0. The molecule has 7 heteroatoms. The first-order valence-electron chi connectivity index (χ1n) is 10.6. The molecular weight excluding hydrogens is 362 g/mol. The van der Waals surface area contributed by atoms with Crippen LogP contribution in [-0.4, -0.2) is 77.7 Å². The number of aliphatic hydroxyl groups excluding tert-OH is 2. The molecule has 0 aromatic carbocycles. The van der Waals surface area contributed by atoms with E-state index in [0.717, 1.165) is 12.8 Å². The molecule has 0 heterocycles. The van der Waals surface area contributed by atoms with Crippen LogP contribution in [0.5, 0.6) is 0 Å². The van der Waals surface area contributed by atoms with Crippen LogP contribution in [0.15, 0.2) is 0 Å². The van der Waals surface area contributed by atoms with Gasteiger partial charge in [-0.05, 0) is 19.3 Å². The number of unbranched alkanes of at least 4 members (excludes halogenated alkanes) is 5. The number of ether oxygens (including phenoxy) is 1. The molecule has 0 aliphatic carbocycles. The standard InChI is InChI=1S/C21H41NO6/c1-5-6-7-8-9-10-11-17(23)12-13-18(24)14-21(27)28-19(15-20(25)26)16-22(2,3)4/h17-19,23-24H,5-16H2,1-4H3/p+1. The molecule has 166 valence electrons. The maximum atomic E-state index is 12.0. The van der Waals surface area contributed by atoms with E-state index in [1.165, 1.54) is 25.7 Å². The first-order valence-corrected chi connectivity index (χ1v) is 10.6. The highest BCUT2D eigenvalue weighted by molar-refractivity contribution is 5.71. The summed E-state index contributed by atoms with van der Waals surface area (Å²) in [6.45, 7) is 2.56. The van der Waals surface area contributed by atoms with Crippen LogP contribution in [0.4, 0.5) is 0 Å². The number of rotatable bonds is 17. The Morgan fingerprint density at radius 2 is 1.43 bits per heavy atom. The van der Waals surface area contributed by atoms with Gasteiger partial charge in [0.2, 0.25) is 0 Å². The smallest absolute Gasteiger partial charge is 0.308 e. The van der Waals surface area contributed by atoms with Crippen LogP contribution in [0.2, 0.25) is 0 Å². The Morgan fingerprint density at radius 1 is 0.857 bits per heavy atom. The number of hydrogen-bond acceptors (Lipinski definition) is 5. The van der Waals surface area contributed by atoms with Crippen LogP contribution < -0.4 is 0 Å². The lowest BCUT2D eigenvalue weighted by Gasteiger charge is -2.28. The Hall–Kier alpha value is -1.18. The van der Waals surface area contributed by atoms with Crippen LogP contribution in [0.25, 0.3) is 0 Å². The minimum absolute atomic E-state index is 0.184. The van der Waals surface area contributed by atoms with Gasteiger partial charge >= 0.3 is 11.9 Å². The zero-order valence-corrected chi connectivity index (χ0v) is 18.2. The van der Waals surface area contributed by atoms with Crippen molar-refractivity contribution in [3.8, 4) is 0 Å². The summed E-state index contributed by atoms with van der Waals surface area (Å²) in [6.07, 6.45) is 5.97. The predicted octanol–water partition coefficient (Wildman–Crippen LogP) is 2.72. The lowest BCUT2D eigenvalue weighted by Crippen LogP contribution is -2.44. The van der Waals surface area contributed by atoms with Gasteiger partial charge in [0, 0.05) is 0 Å². The molecule has 0 aromatic rings. The summed E-state index contributed by atoms with van der Waals surface area (Å²) in [4.78, 5) is 23.0. The second-order valence-electron chi connectivity index (χ2n) is 8.83. The number of aliphatic carboxylic acids is 1. The number of carboxylic acid groups (broad SMARTS) is 1. The summed E-state index contributed by atoms with van der Waals surface area (Å²) in [6, 6.07) is 0. The molecule has 0 rings (SSSR count). The molecule has 0 aliphatic rings. The zero-order valence-electron chi connectivity index (χ0n) is 18.2. The number of carbonyl (C=O) groups excluding carboxylic acids is 1. The first kappa shape index (κ1) is 26.8. The van der Waals surface area contributed by atoms with E-state index in [4.69, 9.17) is 9.84 Å². The SMILES string of the molecule is CCCCCCCCC(O)CCC(O)CC(=O)OC(CC(=O)O)C[N+](C)(C)C. The molecule has 0 bridgehead atoms. The number of hydrogen-bond donors (Lipinski definition) is 3. The largest absolute Gasteiger partial charge is 0.481 e. The van der Waals surface area contributed by atoms with Crippen molar-refractivity contribution in [3.63, 3.8) is 0 Å². The number of carboxylic acids is 1. The summed E-state index contributed by atoms with van der Waals surface area (Å²) < 4.78 is 5.74. The molecule has 0 saturated heterocycles. The van der Waals surface area contributed by atoms with Gasteiger partial charge in [-0.3, -0.25) is 9.59 Å². The van der Waals surface area contributed by atoms with E-state index in [0.29, 0.717) is 30.3 Å². The predicted molar refractivity (Wildman–Crippen MR) is 109 cm³/mol. The number of likely N-dealkylation sites (N-methyl/N-ethyl adjacent to an activating group) is 1. The van der Waals surface area contributed by atoms with Crippen molar-refractivity contribution in [1.82, 2.24) is 0 Å². The molecule has 0 aliphatic heterocycles. The number of aliphatic hydroxyl groups is 2. The van der Waals surface area contributed by atoms with E-state index < -0.39 is 30.3 Å². The van der Waals surface area contributed by atoms with Crippen molar-refractivity contribution >= 4 is 11.9 Å². The third-order valence-electron chi connectivity index (χ3n) is 4.58. The van der Waals surface area contributed by atoms with Crippen LogP contribution in [0.3, 0.4) is 0 Å². The van der Waals surface area contributed by atoms with E-state index >= 15 is 0 Å². The molecule has 28 heavy (non-hydrogen) atoms.